The van der Waals surface area contributed by atoms with Crippen molar-refractivity contribution in [2.24, 2.45) is 0 Å². The fraction of sp³-hybridized carbons (Fsp3) is 0.667. The third-order valence-electron chi connectivity index (χ3n) is 1.95. The van der Waals surface area contributed by atoms with Gasteiger partial charge in [-0.25, -0.2) is 0 Å². The van der Waals surface area contributed by atoms with Crippen LogP contribution in [0.4, 0.5) is 0 Å². The zero-order valence-corrected chi connectivity index (χ0v) is 13.0. The normalized spacial score (nSPS) is 14.4. The highest BCUT2D eigenvalue weighted by atomic mass is 28.3. The second-order valence-electron chi connectivity index (χ2n) is 6.53. The smallest absolute Gasteiger partial charge is 0.0690 e. The molecule has 0 atom stereocenters. The summed E-state index contributed by atoms with van der Waals surface area (Å²) in [7, 11) is -2.05. The van der Waals surface area contributed by atoms with Crippen molar-refractivity contribution in [3.05, 3.63) is 23.4 Å². The van der Waals surface area contributed by atoms with Crippen LogP contribution in [0.15, 0.2) is 23.4 Å². The lowest BCUT2D eigenvalue weighted by atomic mass is 10.2. The molecular weight excluding hydrogens is 200 g/mol. The molecule has 0 aliphatic carbocycles. The van der Waals surface area contributed by atoms with Gasteiger partial charge in [0, 0.05) is 8.07 Å². The molecular formula is C12H26Si2. The highest BCUT2D eigenvalue weighted by molar-refractivity contribution is 6.81. The van der Waals surface area contributed by atoms with Crippen LogP contribution in [0.3, 0.4) is 0 Å². The van der Waals surface area contributed by atoms with E-state index in [4.69, 9.17) is 0 Å². The van der Waals surface area contributed by atoms with Crippen LogP contribution in [0.1, 0.15) is 6.92 Å². The van der Waals surface area contributed by atoms with Gasteiger partial charge in [-0.1, -0.05) is 62.7 Å². The molecule has 0 radical (unpaired) electrons. The van der Waals surface area contributed by atoms with Gasteiger partial charge >= 0.3 is 0 Å². The summed E-state index contributed by atoms with van der Waals surface area (Å²) in [6.45, 7) is 20.8. The Morgan fingerprint density at radius 1 is 1.07 bits per heavy atom. The van der Waals surface area contributed by atoms with E-state index in [1.54, 1.807) is 0 Å². The summed E-state index contributed by atoms with van der Waals surface area (Å²) in [5.41, 5.74) is 5.27. The van der Waals surface area contributed by atoms with Crippen molar-refractivity contribution < 1.29 is 0 Å². The molecule has 0 saturated heterocycles. The van der Waals surface area contributed by atoms with Crippen molar-refractivity contribution in [1.29, 1.82) is 0 Å². The minimum absolute atomic E-state index is 0.983. The van der Waals surface area contributed by atoms with Crippen molar-refractivity contribution in [1.82, 2.24) is 0 Å². The molecule has 0 nitrogen and oxygen atoms in total. The molecule has 0 spiro atoms. The topological polar surface area (TPSA) is 0 Å². The van der Waals surface area contributed by atoms with Gasteiger partial charge in [-0.2, -0.15) is 0 Å². The first-order chi connectivity index (χ1) is 6.01. The SMILES string of the molecule is C=C(C[Si](C)(C)C)/C(C)=C/[Si](C)(C)C. The second kappa shape index (κ2) is 4.62. The molecule has 0 unspecified atom stereocenters. The van der Waals surface area contributed by atoms with Crippen LogP contribution in [-0.2, 0) is 0 Å². The van der Waals surface area contributed by atoms with E-state index in [1.165, 1.54) is 17.2 Å². The largest absolute Gasteiger partial charge is 0.0959 e. The standard InChI is InChI=1S/C12H26Si2/c1-11(9-13(3,4)5)12(2)10-14(6,7)8/h10H,1,9H2,2-8H3/b12-10+. The van der Waals surface area contributed by atoms with Crippen LogP contribution in [0.2, 0.25) is 45.3 Å². The summed E-state index contributed by atoms with van der Waals surface area (Å²) >= 11 is 0. The average Bonchev–Trinajstić information content (AvgIpc) is 1.78. The maximum Gasteiger partial charge on any atom is 0.0690 e. The molecule has 0 rings (SSSR count). The summed E-state index contributed by atoms with van der Waals surface area (Å²) in [6, 6.07) is 1.24. The van der Waals surface area contributed by atoms with Crippen molar-refractivity contribution in [3.8, 4) is 0 Å². The molecule has 0 aliphatic heterocycles. The first-order valence-corrected chi connectivity index (χ1v) is 12.7. The number of allylic oxidation sites excluding steroid dienone is 2. The van der Waals surface area contributed by atoms with E-state index in [-0.39, 0.29) is 0 Å². The predicted molar refractivity (Wildman–Crippen MR) is 74.4 cm³/mol. The first-order valence-electron chi connectivity index (χ1n) is 5.39. The molecule has 82 valence electrons. The molecule has 0 fully saturated rings. The van der Waals surface area contributed by atoms with E-state index in [0.29, 0.717) is 0 Å². The molecule has 0 N–H and O–H groups in total. The minimum atomic E-state index is -1.07. The Morgan fingerprint density at radius 2 is 1.50 bits per heavy atom. The van der Waals surface area contributed by atoms with Crippen molar-refractivity contribution in [2.45, 2.75) is 52.2 Å². The summed E-state index contributed by atoms with van der Waals surface area (Å²) in [4.78, 5) is 0. The van der Waals surface area contributed by atoms with Crippen LogP contribution >= 0.6 is 0 Å². The predicted octanol–water partition coefficient (Wildman–Crippen LogP) is 4.70. The van der Waals surface area contributed by atoms with Gasteiger partial charge in [0.2, 0.25) is 0 Å². The molecule has 0 aromatic rings. The molecule has 2 heteroatoms. The Morgan fingerprint density at radius 3 is 1.79 bits per heavy atom. The van der Waals surface area contributed by atoms with Crippen molar-refractivity contribution in [2.75, 3.05) is 0 Å². The van der Waals surface area contributed by atoms with Crippen LogP contribution < -0.4 is 0 Å². The maximum absolute atomic E-state index is 4.21. The number of hydrogen-bond acceptors (Lipinski definition) is 0. The van der Waals surface area contributed by atoms with Crippen LogP contribution in [-0.4, -0.2) is 16.1 Å². The Bertz CT molecular complexity index is 236. The van der Waals surface area contributed by atoms with Gasteiger partial charge in [-0.3, -0.25) is 0 Å². The van der Waals surface area contributed by atoms with Gasteiger partial charge in [0.1, 0.15) is 0 Å². The zero-order chi connectivity index (χ0) is 11.6. The van der Waals surface area contributed by atoms with Gasteiger partial charge in [-0.05, 0) is 13.0 Å². The number of rotatable bonds is 4. The molecule has 0 aromatic heterocycles. The van der Waals surface area contributed by atoms with Gasteiger partial charge < -0.3 is 0 Å². The van der Waals surface area contributed by atoms with Crippen LogP contribution in [0.25, 0.3) is 0 Å². The van der Waals surface area contributed by atoms with Crippen LogP contribution in [0, 0.1) is 0 Å². The van der Waals surface area contributed by atoms with Crippen molar-refractivity contribution >= 4 is 16.1 Å². The van der Waals surface area contributed by atoms with Crippen LogP contribution in [0.5, 0.6) is 0 Å². The van der Waals surface area contributed by atoms with E-state index < -0.39 is 16.1 Å². The zero-order valence-electron chi connectivity index (χ0n) is 11.0. The highest BCUT2D eigenvalue weighted by Gasteiger charge is 2.16. The Hall–Kier alpha value is -0.0862. The summed E-state index contributed by atoms with van der Waals surface area (Å²) in [6.07, 6.45) is 0. The lowest BCUT2D eigenvalue weighted by Crippen LogP contribution is -2.21. The Kier molecular flexibility index (Phi) is 4.59. The fourth-order valence-corrected chi connectivity index (χ4v) is 4.59. The second-order valence-corrected chi connectivity index (χ2v) is 17.0. The molecule has 0 amide bonds. The monoisotopic (exact) mass is 226 g/mol. The average molecular weight is 227 g/mol. The third kappa shape index (κ3) is 7.33. The summed E-state index contributed by atoms with van der Waals surface area (Å²) < 4.78 is 0. The molecule has 14 heavy (non-hydrogen) atoms. The lowest BCUT2D eigenvalue weighted by Gasteiger charge is -2.20. The Balaban J connectivity index is 4.50. The highest BCUT2D eigenvalue weighted by Crippen LogP contribution is 2.22. The van der Waals surface area contributed by atoms with E-state index in [0.717, 1.165) is 0 Å². The lowest BCUT2D eigenvalue weighted by molar-refractivity contribution is 1.31. The van der Waals surface area contributed by atoms with Crippen molar-refractivity contribution in [3.63, 3.8) is 0 Å². The molecule has 0 heterocycles. The van der Waals surface area contributed by atoms with E-state index >= 15 is 0 Å². The van der Waals surface area contributed by atoms with Gasteiger partial charge in [0.05, 0.1) is 8.07 Å². The first kappa shape index (κ1) is 13.9. The van der Waals surface area contributed by atoms with E-state index in [1.807, 2.05) is 0 Å². The number of hydrogen-bond donors (Lipinski definition) is 0. The van der Waals surface area contributed by atoms with Gasteiger partial charge in [0.25, 0.3) is 0 Å². The molecule has 0 aliphatic rings. The quantitative estimate of drug-likeness (QED) is 0.481. The van der Waals surface area contributed by atoms with Gasteiger partial charge in [0.15, 0.2) is 0 Å². The van der Waals surface area contributed by atoms with E-state index in [9.17, 15) is 0 Å². The fourth-order valence-electron chi connectivity index (χ4n) is 1.53. The summed E-state index contributed by atoms with van der Waals surface area (Å²) in [5.74, 6) is 0. The minimum Gasteiger partial charge on any atom is -0.0959 e. The Labute approximate surface area is 92.1 Å². The maximum atomic E-state index is 4.21. The third-order valence-corrected chi connectivity index (χ3v) is 4.74. The van der Waals surface area contributed by atoms with E-state index in [2.05, 4.69) is 58.5 Å². The summed E-state index contributed by atoms with van der Waals surface area (Å²) in [5, 5.41) is 0. The molecule has 0 aromatic carbocycles. The molecule has 0 saturated carbocycles. The van der Waals surface area contributed by atoms with Gasteiger partial charge in [-0.15, -0.1) is 0 Å². The molecule has 0 bridgehead atoms.